The number of morpholine rings is 1. The summed E-state index contributed by atoms with van der Waals surface area (Å²) in [5.74, 6) is 1.01. The SMILES string of the molecule is O=C(CCCC[C@@H]1SC[C@@H]2NC(=O)N[C@@H]21)NCC=CS(=O)(=O)N1CC2(CN(c3nc(N4CCOCC4)nc(-n4c(C(F)F)nc5ccccc54)n3)C2)C1. The second-order valence-electron chi connectivity index (χ2n) is 14.1. The van der Waals surface area contributed by atoms with Crippen LogP contribution in [0, 0.1) is 5.41 Å². The first-order valence-electron chi connectivity index (χ1n) is 17.8. The number of rotatable bonds is 13. The number of halogens is 2. The normalized spacial score (nSPS) is 24.1. The molecule has 5 aliphatic heterocycles. The number of amides is 3. The fraction of sp³-hybridized carbons (Fsp3) is 0.576. The predicted octanol–water partition coefficient (Wildman–Crippen LogP) is 1.79. The van der Waals surface area contributed by atoms with E-state index in [1.807, 2.05) is 21.6 Å². The fourth-order valence-electron chi connectivity index (χ4n) is 7.67. The Balaban J connectivity index is 0.842. The molecule has 0 unspecified atom stereocenters. The smallest absolute Gasteiger partial charge is 0.315 e. The maximum Gasteiger partial charge on any atom is 0.315 e. The summed E-state index contributed by atoms with van der Waals surface area (Å²) in [5.41, 5.74) is 0.567. The third-order valence-electron chi connectivity index (χ3n) is 10.4. The standard InChI is InChI=1S/C33H41F2N11O5S2/c34-27(35)28-37-21-6-1-2-7-23(21)46(28)31-41-29(43-11-13-51-14-12-43)40-30(42-31)44-17-33(18-44)19-45(20-33)53(49,50)15-5-10-36-25(47)9-4-3-8-24-26-22(16-52-24)38-32(48)39-26/h1-2,5-7,15,22,24,26-27H,3-4,8-14,16-20H2,(H,36,47)(H2,38,39,48)/t22-,24-,26-/m0/s1. The summed E-state index contributed by atoms with van der Waals surface area (Å²) in [5, 5.41) is 10.2. The zero-order chi connectivity index (χ0) is 36.7. The number of sulfonamides is 1. The summed E-state index contributed by atoms with van der Waals surface area (Å²) in [7, 11) is -3.68. The Kier molecular flexibility index (Phi) is 9.88. The lowest BCUT2D eigenvalue weighted by atomic mass is 9.74. The minimum absolute atomic E-state index is 0.0377. The van der Waals surface area contributed by atoms with E-state index in [9.17, 15) is 26.8 Å². The highest BCUT2D eigenvalue weighted by molar-refractivity contribution is 8.00. The van der Waals surface area contributed by atoms with Crippen LogP contribution in [0.25, 0.3) is 17.0 Å². The lowest BCUT2D eigenvalue weighted by Crippen LogP contribution is -2.73. The van der Waals surface area contributed by atoms with Crippen LogP contribution in [0.1, 0.15) is 37.9 Å². The molecular weight excluding hydrogens is 733 g/mol. The Bertz CT molecular complexity index is 2000. The molecule has 8 rings (SSSR count). The number of para-hydroxylation sites is 2. The molecule has 284 valence electrons. The average molecular weight is 774 g/mol. The Morgan fingerprint density at radius 1 is 1.02 bits per heavy atom. The Morgan fingerprint density at radius 3 is 2.53 bits per heavy atom. The van der Waals surface area contributed by atoms with Gasteiger partial charge in [0.05, 0.1) is 36.3 Å². The van der Waals surface area contributed by atoms with Crippen molar-refractivity contribution in [2.45, 2.75) is 49.4 Å². The van der Waals surface area contributed by atoms with Gasteiger partial charge in [0.25, 0.3) is 6.43 Å². The molecule has 2 aromatic heterocycles. The lowest BCUT2D eigenvalue weighted by Gasteiger charge is -2.59. The van der Waals surface area contributed by atoms with Crippen LogP contribution in [-0.4, -0.2) is 131 Å². The third kappa shape index (κ3) is 7.37. The van der Waals surface area contributed by atoms with Gasteiger partial charge in [-0.2, -0.15) is 31.0 Å². The van der Waals surface area contributed by atoms with Gasteiger partial charge in [-0.15, -0.1) is 0 Å². The number of anilines is 2. The number of carbonyl (C=O) groups is 2. The number of benzene rings is 1. The van der Waals surface area contributed by atoms with Crippen LogP contribution in [0.4, 0.5) is 25.5 Å². The highest BCUT2D eigenvalue weighted by Crippen LogP contribution is 2.43. The number of hydrogen-bond donors (Lipinski definition) is 3. The summed E-state index contributed by atoms with van der Waals surface area (Å²) in [4.78, 5) is 45.9. The minimum atomic E-state index is -3.68. The fourth-order valence-corrected chi connectivity index (χ4v) is 10.6. The predicted molar refractivity (Wildman–Crippen MR) is 194 cm³/mol. The molecule has 1 spiro atoms. The van der Waals surface area contributed by atoms with Gasteiger partial charge in [-0.05, 0) is 25.0 Å². The Morgan fingerprint density at radius 2 is 1.75 bits per heavy atom. The molecule has 5 aliphatic rings. The van der Waals surface area contributed by atoms with E-state index in [0.29, 0.717) is 93.5 Å². The molecule has 7 heterocycles. The maximum absolute atomic E-state index is 14.2. The van der Waals surface area contributed by atoms with E-state index in [-0.39, 0.29) is 41.9 Å². The molecule has 0 bridgehead atoms. The van der Waals surface area contributed by atoms with Crippen LogP contribution in [0.5, 0.6) is 0 Å². The molecule has 0 radical (unpaired) electrons. The van der Waals surface area contributed by atoms with Gasteiger partial charge in [0, 0.05) is 74.1 Å². The number of thioether (sulfide) groups is 1. The number of unbranched alkanes of at least 4 members (excludes halogenated alkanes) is 1. The number of carbonyl (C=O) groups excluding carboxylic acids is 2. The van der Waals surface area contributed by atoms with Crippen molar-refractivity contribution in [1.82, 2.24) is 44.8 Å². The Labute approximate surface area is 309 Å². The van der Waals surface area contributed by atoms with Gasteiger partial charge < -0.3 is 30.5 Å². The maximum atomic E-state index is 14.2. The van der Waals surface area contributed by atoms with Crippen molar-refractivity contribution in [1.29, 1.82) is 0 Å². The number of alkyl halides is 2. The molecule has 5 fully saturated rings. The third-order valence-corrected chi connectivity index (χ3v) is 13.4. The Hall–Kier alpha value is -4.14. The van der Waals surface area contributed by atoms with Crippen molar-refractivity contribution in [3.05, 3.63) is 41.6 Å². The molecule has 3 aromatic rings. The quantitative estimate of drug-likeness (QED) is 0.170. The van der Waals surface area contributed by atoms with Crippen molar-refractivity contribution in [3.63, 3.8) is 0 Å². The monoisotopic (exact) mass is 773 g/mol. The lowest BCUT2D eigenvalue weighted by molar-refractivity contribution is -0.121. The molecule has 3 amide bonds. The number of nitrogens with zero attached hydrogens (tertiary/aromatic N) is 8. The number of imidazole rings is 1. The summed E-state index contributed by atoms with van der Waals surface area (Å²) in [6.07, 6.45) is 1.44. The van der Waals surface area contributed by atoms with Crippen molar-refractivity contribution in [3.8, 4) is 5.95 Å². The molecular formula is C33H41F2N11O5S2. The molecule has 0 saturated carbocycles. The van der Waals surface area contributed by atoms with E-state index in [1.54, 1.807) is 24.3 Å². The van der Waals surface area contributed by atoms with Crippen LogP contribution >= 0.6 is 11.8 Å². The van der Waals surface area contributed by atoms with E-state index in [2.05, 4.69) is 30.9 Å². The van der Waals surface area contributed by atoms with Crippen LogP contribution in [0.15, 0.2) is 35.7 Å². The molecule has 20 heteroatoms. The van der Waals surface area contributed by atoms with Crippen LogP contribution in [-0.2, 0) is 19.6 Å². The van der Waals surface area contributed by atoms with Crippen molar-refractivity contribution in [2.24, 2.45) is 5.41 Å². The van der Waals surface area contributed by atoms with Gasteiger partial charge in [-0.1, -0.05) is 24.6 Å². The molecule has 53 heavy (non-hydrogen) atoms. The van der Waals surface area contributed by atoms with Gasteiger partial charge in [0.1, 0.15) is 0 Å². The first-order valence-corrected chi connectivity index (χ1v) is 20.3. The molecule has 1 aromatic carbocycles. The van der Waals surface area contributed by atoms with Crippen molar-refractivity contribution >= 4 is 56.7 Å². The van der Waals surface area contributed by atoms with E-state index in [1.165, 1.54) is 14.9 Å². The number of nitrogens with one attached hydrogen (secondary N) is 3. The van der Waals surface area contributed by atoms with Gasteiger partial charge in [0.2, 0.25) is 33.8 Å². The summed E-state index contributed by atoms with van der Waals surface area (Å²) >= 11 is 1.85. The van der Waals surface area contributed by atoms with E-state index >= 15 is 0 Å². The number of urea groups is 1. The number of aromatic nitrogens is 5. The van der Waals surface area contributed by atoms with Gasteiger partial charge in [-0.25, -0.2) is 27.0 Å². The summed E-state index contributed by atoms with van der Waals surface area (Å²) in [6, 6.07) is 7.05. The highest BCUT2D eigenvalue weighted by atomic mass is 32.2. The molecule has 5 saturated heterocycles. The first kappa shape index (κ1) is 35.9. The molecule has 3 N–H and O–H groups in total. The largest absolute Gasteiger partial charge is 0.378 e. The van der Waals surface area contributed by atoms with E-state index < -0.39 is 22.3 Å². The first-order chi connectivity index (χ1) is 25.6. The zero-order valence-corrected chi connectivity index (χ0v) is 30.5. The number of hydrogen-bond acceptors (Lipinski definition) is 12. The topological polar surface area (TPSA) is 180 Å². The second kappa shape index (κ2) is 14.6. The van der Waals surface area contributed by atoms with Gasteiger partial charge in [0.15, 0.2) is 5.82 Å². The molecule has 0 aliphatic carbocycles. The van der Waals surface area contributed by atoms with Crippen LogP contribution < -0.4 is 25.8 Å². The molecule has 16 nitrogen and oxygen atoms in total. The second-order valence-corrected chi connectivity index (χ2v) is 17.2. The van der Waals surface area contributed by atoms with Crippen LogP contribution in [0.3, 0.4) is 0 Å². The summed E-state index contributed by atoms with van der Waals surface area (Å²) < 4.78 is 62.7. The average Bonchev–Trinajstić information content (AvgIpc) is 3.80. The van der Waals surface area contributed by atoms with Gasteiger partial charge >= 0.3 is 6.03 Å². The van der Waals surface area contributed by atoms with Crippen molar-refractivity contribution < 1.29 is 31.5 Å². The van der Waals surface area contributed by atoms with E-state index in [0.717, 1.165) is 24.0 Å². The van der Waals surface area contributed by atoms with E-state index in [4.69, 9.17) is 9.72 Å². The number of fused-ring (bicyclic) bond motifs is 2. The highest BCUT2D eigenvalue weighted by Gasteiger charge is 2.55. The van der Waals surface area contributed by atoms with Crippen molar-refractivity contribution in [2.75, 3.05) is 74.6 Å². The van der Waals surface area contributed by atoms with Gasteiger partial charge in [-0.3, -0.25) is 9.36 Å². The zero-order valence-electron chi connectivity index (χ0n) is 28.9. The number of ether oxygens (including phenoxy) is 1. The molecule has 3 atom stereocenters. The summed E-state index contributed by atoms with van der Waals surface area (Å²) in [6.45, 7) is 3.75. The minimum Gasteiger partial charge on any atom is -0.378 e. The van der Waals surface area contributed by atoms with Crippen LogP contribution in [0.2, 0.25) is 0 Å².